The topological polar surface area (TPSA) is 48.3 Å². The van der Waals surface area contributed by atoms with Crippen LogP contribution in [0.4, 0.5) is 0 Å². The molecule has 1 unspecified atom stereocenters. The average Bonchev–Trinajstić information content (AvgIpc) is 2.97. The zero-order valence-corrected chi connectivity index (χ0v) is 15.1. The van der Waals surface area contributed by atoms with Crippen molar-refractivity contribution in [1.29, 1.82) is 0 Å². The minimum atomic E-state index is 0. The quantitative estimate of drug-likeness (QED) is 0.870. The van der Waals surface area contributed by atoms with Crippen molar-refractivity contribution in [1.82, 2.24) is 15.1 Å². The third-order valence-corrected chi connectivity index (χ3v) is 3.89. The van der Waals surface area contributed by atoms with Crippen molar-refractivity contribution in [2.24, 2.45) is 0 Å². The van der Waals surface area contributed by atoms with Crippen LogP contribution in [0.15, 0.2) is 36.2 Å². The van der Waals surface area contributed by atoms with Crippen LogP contribution < -0.4 is 14.8 Å². The average molecular weight is 350 g/mol. The normalized spacial score (nSPS) is 14.0. The summed E-state index contributed by atoms with van der Waals surface area (Å²) in [6.45, 7) is 6.50. The van der Waals surface area contributed by atoms with Gasteiger partial charge in [0.05, 0.1) is 19.9 Å². The van der Waals surface area contributed by atoms with Crippen LogP contribution in [0.1, 0.15) is 18.1 Å². The largest absolute Gasteiger partial charge is 0.497 e. The van der Waals surface area contributed by atoms with Crippen molar-refractivity contribution >= 4 is 18.5 Å². The third-order valence-electron chi connectivity index (χ3n) is 3.89. The number of aromatic nitrogens is 2. The van der Waals surface area contributed by atoms with Gasteiger partial charge in [-0.25, -0.2) is 0 Å². The highest BCUT2D eigenvalue weighted by atomic mass is 35.5. The number of nitrogens with one attached hydrogen (secondary N) is 1. The summed E-state index contributed by atoms with van der Waals surface area (Å²) in [6.07, 6.45) is 6.14. The molecular formula is C18H24ClN3O2. The summed E-state index contributed by atoms with van der Waals surface area (Å²) in [5.74, 6) is 1.70. The van der Waals surface area contributed by atoms with E-state index in [1.807, 2.05) is 29.1 Å². The third kappa shape index (κ3) is 4.52. The van der Waals surface area contributed by atoms with Gasteiger partial charge in [0, 0.05) is 30.4 Å². The molecule has 5 nitrogen and oxygen atoms in total. The molecule has 1 aliphatic heterocycles. The van der Waals surface area contributed by atoms with Crippen molar-refractivity contribution in [3.8, 4) is 11.5 Å². The molecule has 1 aliphatic rings. The van der Waals surface area contributed by atoms with Gasteiger partial charge in [0.1, 0.15) is 18.1 Å². The smallest absolute Gasteiger partial charge is 0.130 e. The lowest BCUT2D eigenvalue weighted by atomic mass is 10.1. The van der Waals surface area contributed by atoms with Gasteiger partial charge in [0.15, 0.2) is 0 Å². The van der Waals surface area contributed by atoms with Gasteiger partial charge in [0.25, 0.3) is 0 Å². The van der Waals surface area contributed by atoms with Crippen LogP contribution in [0.3, 0.4) is 0 Å². The molecule has 0 spiro atoms. The van der Waals surface area contributed by atoms with E-state index < -0.39 is 0 Å². The van der Waals surface area contributed by atoms with E-state index in [1.54, 1.807) is 7.11 Å². The number of benzene rings is 1. The highest BCUT2D eigenvalue weighted by Crippen LogP contribution is 2.30. The molecule has 0 saturated heterocycles. The van der Waals surface area contributed by atoms with Gasteiger partial charge in [-0.05, 0) is 43.2 Å². The SMILES string of the molecule is COc1ccc2c(c1)OCC(CNC(C)Cn1cc(C)cn1)=C2.Cl. The van der Waals surface area contributed by atoms with Crippen LogP contribution in [0.25, 0.3) is 6.08 Å². The van der Waals surface area contributed by atoms with Crippen LogP contribution in [-0.4, -0.2) is 36.1 Å². The van der Waals surface area contributed by atoms with Crippen molar-refractivity contribution in [2.45, 2.75) is 26.4 Å². The molecule has 0 fully saturated rings. The second-order valence-corrected chi connectivity index (χ2v) is 6.02. The van der Waals surface area contributed by atoms with E-state index >= 15 is 0 Å². The predicted molar refractivity (Wildman–Crippen MR) is 98.1 cm³/mol. The zero-order chi connectivity index (χ0) is 16.2. The number of nitrogens with zero attached hydrogens (tertiary/aromatic N) is 2. The zero-order valence-electron chi connectivity index (χ0n) is 14.3. The van der Waals surface area contributed by atoms with Crippen LogP contribution >= 0.6 is 12.4 Å². The first kappa shape index (κ1) is 18.4. The molecule has 0 saturated carbocycles. The van der Waals surface area contributed by atoms with Crippen molar-refractivity contribution in [3.63, 3.8) is 0 Å². The summed E-state index contributed by atoms with van der Waals surface area (Å²) in [5, 5.41) is 7.85. The maximum absolute atomic E-state index is 5.83. The first-order valence-corrected chi connectivity index (χ1v) is 7.87. The van der Waals surface area contributed by atoms with Crippen molar-refractivity contribution in [3.05, 3.63) is 47.3 Å². The van der Waals surface area contributed by atoms with Crippen LogP contribution in [0, 0.1) is 6.92 Å². The number of hydrogen-bond acceptors (Lipinski definition) is 4. The number of halogens is 1. The number of ether oxygens (including phenoxy) is 2. The summed E-state index contributed by atoms with van der Waals surface area (Å²) < 4.78 is 13.0. The second kappa shape index (κ2) is 8.22. The van der Waals surface area contributed by atoms with Gasteiger partial charge >= 0.3 is 0 Å². The van der Waals surface area contributed by atoms with Crippen LogP contribution in [-0.2, 0) is 6.54 Å². The second-order valence-electron chi connectivity index (χ2n) is 6.02. The molecule has 24 heavy (non-hydrogen) atoms. The van der Waals surface area contributed by atoms with E-state index in [-0.39, 0.29) is 12.4 Å². The maximum Gasteiger partial charge on any atom is 0.130 e. The van der Waals surface area contributed by atoms with Gasteiger partial charge in [-0.3, -0.25) is 4.68 Å². The van der Waals surface area contributed by atoms with E-state index in [0.29, 0.717) is 12.6 Å². The minimum Gasteiger partial charge on any atom is -0.497 e. The Kier molecular flexibility index (Phi) is 6.29. The standard InChI is InChI=1S/C18H23N3O2.ClH/c1-13-8-20-21(10-13)11-14(2)19-9-15-6-16-4-5-17(22-3)7-18(16)23-12-15;/h4-8,10,14,19H,9,11-12H2,1-3H3;1H. The van der Waals surface area contributed by atoms with Gasteiger partial charge in [-0.15, -0.1) is 12.4 Å². The van der Waals surface area contributed by atoms with Crippen molar-refractivity contribution in [2.75, 3.05) is 20.3 Å². The summed E-state index contributed by atoms with van der Waals surface area (Å²) in [5.41, 5.74) is 3.53. The van der Waals surface area contributed by atoms with Crippen LogP contribution in [0.5, 0.6) is 11.5 Å². The predicted octanol–water partition coefficient (Wildman–Crippen LogP) is 3.08. The Morgan fingerprint density at radius 2 is 2.25 bits per heavy atom. The molecule has 0 bridgehead atoms. The molecule has 1 atom stereocenters. The van der Waals surface area contributed by atoms with Gasteiger partial charge in [-0.1, -0.05) is 0 Å². The molecule has 3 rings (SSSR count). The Hall–Kier alpha value is -1.98. The molecule has 2 heterocycles. The van der Waals surface area contributed by atoms with E-state index in [4.69, 9.17) is 9.47 Å². The van der Waals surface area contributed by atoms with Gasteiger partial charge in [-0.2, -0.15) is 5.10 Å². The van der Waals surface area contributed by atoms with E-state index in [0.717, 1.165) is 30.2 Å². The fraction of sp³-hybridized carbons (Fsp3) is 0.389. The molecule has 0 radical (unpaired) electrons. The number of aryl methyl sites for hydroxylation is 1. The number of hydrogen-bond donors (Lipinski definition) is 1. The maximum atomic E-state index is 5.83. The highest BCUT2D eigenvalue weighted by molar-refractivity contribution is 5.85. The molecule has 6 heteroatoms. The lowest BCUT2D eigenvalue weighted by Gasteiger charge is -2.21. The summed E-state index contributed by atoms with van der Waals surface area (Å²) in [4.78, 5) is 0. The molecule has 0 amide bonds. The Labute approximate surface area is 149 Å². The molecule has 1 aromatic heterocycles. The Morgan fingerprint density at radius 1 is 1.42 bits per heavy atom. The summed E-state index contributed by atoms with van der Waals surface area (Å²) in [7, 11) is 1.66. The molecular weight excluding hydrogens is 326 g/mol. The van der Waals surface area contributed by atoms with Crippen molar-refractivity contribution < 1.29 is 9.47 Å². The first-order chi connectivity index (χ1) is 11.1. The molecule has 1 N–H and O–H groups in total. The molecule has 2 aromatic rings. The van der Waals surface area contributed by atoms with Gasteiger partial charge in [0.2, 0.25) is 0 Å². The number of methoxy groups -OCH3 is 1. The molecule has 130 valence electrons. The minimum absolute atomic E-state index is 0. The molecule has 0 aliphatic carbocycles. The Morgan fingerprint density at radius 3 is 2.96 bits per heavy atom. The van der Waals surface area contributed by atoms with E-state index in [2.05, 4.69) is 36.5 Å². The lowest BCUT2D eigenvalue weighted by molar-refractivity contribution is 0.335. The number of rotatable bonds is 6. The molecule has 1 aromatic carbocycles. The Bertz CT molecular complexity index is 712. The van der Waals surface area contributed by atoms with E-state index in [1.165, 1.54) is 11.1 Å². The fourth-order valence-corrected chi connectivity index (χ4v) is 2.64. The Balaban J connectivity index is 0.00000208. The van der Waals surface area contributed by atoms with E-state index in [9.17, 15) is 0 Å². The summed E-state index contributed by atoms with van der Waals surface area (Å²) in [6, 6.07) is 6.26. The highest BCUT2D eigenvalue weighted by Gasteiger charge is 2.13. The summed E-state index contributed by atoms with van der Waals surface area (Å²) >= 11 is 0. The monoisotopic (exact) mass is 349 g/mol. The fourth-order valence-electron chi connectivity index (χ4n) is 2.64. The van der Waals surface area contributed by atoms with Crippen LogP contribution in [0.2, 0.25) is 0 Å². The lowest BCUT2D eigenvalue weighted by Crippen LogP contribution is -2.33. The first-order valence-electron chi connectivity index (χ1n) is 7.87. The number of fused-ring (bicyclic) bond motifs is 1. The van der Waals surface area contributed by atoms with Gasteiger partial charge < -0.3 is 14.8 Å².